The molecule has 22 heavy (non-hydrogen) atoms. The number of halogens is 1. The molecule has 0 atom stereocenters. The van der Waals surface area contributed by atoms with Crippen LogP contribution in [-0.4, -0.2) is 16.0 Å². The van der Waals surface area contributed by atoms with E-state index in [9.17, 15) is 0 Å². The maximum absolute atomic E-state index is 4.45. The molecule has 0 aromatic carbocycles. The first kappa shape index (κ1) is 18.0. The maximum Gasteiger partial charge on any atom is 0.143 e. The van der Waals surface area contributed by atoms with Gasteiger partial charge in [-0.15, -0.1) is 0 Å². The van der Waals surface area contributed by atoms with Crippen LogP contribution in [0.4, 0.5) is 5.82 Å². The minimum absolute atomic E-state index is 0.448. The normalized spacial score (nSPS) is 22.9. The van der Waals surface area contributed by atoms with Crippen molar-refractivity contribution in [1.29, 1.82) is 0 Å². The number of hydrogen-bond donors (Lipinski definition) is 1. The van der Waals surface area contributed by atoms with Crippen LogP contribution in [0.25, 0.3) is 0 Å². The van der Waals surface area contributed by atoms with Gasteiger partial charge in [-0.3, -0.25) is 0 Å². The van der Waals surface area contributed by atoms with Gasteiger partial charge in [0.05, 0.1) is 9.26 Å². The third-order valence-electron chi connectivity index (χ3n) is 5.80. The zero-order chi connectivity index (χ0) is 16.3. The summed E-state index contributed by atoms with van der Waals surface area (Å²) in [6.07, 6.45) is 7.81. The summed E-state index contributed by atoms with van der Waals surface area (Å²) in [5.74, 6) is 2.62. The van der Waals surface area contributed by atoms with Crippen molar-refractivity contribution in [2.24, 2.45) is 17.3 Å². The molecule has 0 bridgehead atoms. The van der Waals surface area contributed by atoms with Crippen molar-refractivity contribution in [2.75, 3.05) is 5.32 Å². The molecule has 1 aromatic rings. The van der Waals surface area contributed by atoms with E-state index in [1.807, 2.05) is 0 Å². The van der Waals surface area contributed by atoms with Crippen molar-refractivity contribution in [3.8, 4) is 0 Å². The van der Waals surface area contributed by atoms with Gasteiger partial charge in [-0.1, -0.05) is 34.6 Å². The molecule has 1 aliphatic carbocycles. The predicted molar refractivity (Wildman–Crippen MR) is 102 cm³/mol. The maximum atomic E-state index is 4.45. The van der Waals surface area contributed by atoms with Crippen LogP contribution in [0.3, 0.4) is 0 Å². The summed E-state index contributed by atoms with van der Waals surface area (Å²) in [5, 5.41) is 3.67. The molecule has 1 aliphatic rings. The van der Waals surface area contributed by atoms with Gasteiger partial charge in [0.25, 0.3) is 0 Å². The van der Waals surface area contributed by atoms with E-state index in [1.54, 1.807) is 6.33 Å². The first-order chi connectivity index (χ1) is 10.4. The summed E-state index contributed by atoms with van der Waals surface area (Å²) < 4.78 is 1.19. The largest absolute Gasteiger partial charge is 0.366 e. The average Bonchev–Trinajstić information content (AvgIpc) is 2.50. The van der Waals surface area contributed by atoms with Crippen molar-refractivity contribution in [3.63, 3.8) is 0 Å². The van der Waals surface area contributed by atoms with Gasteiger partial charge in [0, 0.05) is 6.04 Å². The molecular weight excluding hydrogens is 385 g/mol. The fraction of sp³-hybridized carbons (Fsp3) is 0.778. The third-order valence-corrected chi connectivity index (χ3v) is 6.94. The van der Waals surface area contributed by atoms with E-state index in [2.05, 4.69) is 72.5 Å². The number of anilines is 1. The van der Waals surface area contributed by atoms with E-state index in [4.69, 9.17) is 0 Å². The number of nitrogens with one attached hydrogen (secondary N) is 1. The van der Waals surface area contributed by atoms with Crippen LogP contribution in [-0.2, 0) is 6.42 Å². The molecule has 1 heterocycles. The smallest absolute Gasteiger partial charge is 0.143 e. The molecule has 4 heteroatoms. The molecule has 0 spiro atoms. The highest BCUT2D eigenvalue weighted by atomic mass is 127. The van der Waals surface area contributed by atoms with Crippen molar-refractivity contribution in [3.05, 3.63) is 15.6 Å². The zero-order valence-electron chi connectivity index (χ0n) is 14.6. The Balaban J connectivity index is 1.96. The van der Waals surface area contributed by atoms with E-state index in [1.165, 1.54) is 29.3 Å². The molecule has 0 amide bonds. The number of hydrogen-bond acceptors (Lipinski definition) is 3. The fourth-order valence-electron chi connectivity index (χ4n) is 3.40. The Bertz CT molecular complexity index is 491. The Morgan fingerprint density at radius 2 is 1.86 bits per heavy atom. The molecule has 2 rings (SSSR count). The van der Waals surface area contributed by atoms with Crippen LogP contribution in [0.2, 0.25) is 0 Å². The third kappa shape index (κ3) is 3.92. The lowest BCUT2D eigenvalue weighted by atomic mass is 9.65. The minimum Gasteiger partial charge on any atom is -0.366 e. The second-order valence-electron chi connectivity index (χ2n) is 7.51. The quantitative estimate of drug-likeness (QED) is 0.664. The number of aryl methyl sites for hydroxylation is 1. The lowest BCUT2D eigenvalue weighted by Gasteiger charge is -2.42. The van der Waals surface area contributed by atoms with E-state index in [0.29, 0.717) is 11.5 Å². The van der Waals surface area contributed by atoms with Crippen LogP contribution in [0, 0.1) is 20.8 Å². The van der Waals surface area contributed by atoms with Crippen LogP contribution in [0.1, 0.15) is 66.0 Å². The average molecular weight is 415 g/mol. The molecule has 1 saturated carbocycles. The number of aromatic nitrogens is 2. The van der Waals surface area contributed by atoms with Crippen LogP contribution < -0.4 is 5.32 Å². The number of nitrogens with zero attached hydrogens (tertiary/aromatic N) is 2. The van der Waals surface area contributed by atoms with Crippen molar-refractivity contribution < 1.29 is 0 Å². The Kier molecular flexibility index (Phi) is 6.08. The lowest BCUT2D eigenvalue weighted by molar-refractivity contribution is 0.0986. The van der Waals surface area contributed by atoms with E-state index < -0.39 is 0 Å². The van der Waals surface area contributed by atoms with Gasteiger partial charge < -0.3 is 5.32 Å². The van der Waals surface area contributed by atoms with Crippen LogP contribution in [0.15, 0.2) is 6.33 Å². The monoisotopic (exact) mass is 415 g/mol. The summed E-state index contributed by atoms with van der Waals surface area (Å²) in [6.45, 7) is 11.8. The van der Waals surface area contributed by atoms with Gasteiger partial charge in [-0.2, -0.15) is 0 Å². The minimum atomic E-state index is 0.448. The summed E-state index contributed by atoms with van der Waals surface area (Å²) in [5.41, 5.74) is 1.59. The highest BCUT2D eigenvalue weighted by Gasteiger charge is 2.35. The highest BCUT2D eigenvalue weighted by Crippen LogP contribution is 2.43. The second kappa shape index (κ2) is 7.45. The van der Waals surface area contributed by atoms with Gasteiger partial charge in [0.15, 0.2) is 0 Å². The van der Waals surface area contributed by atoms with Gasteiger partial charge in [0.2, 0.25) is 0 Å². The Hall–Kier alpha value is -0.390. The van der Waals surface area contributed by atoms with E-state index in [-0.39, 0.29) is 0 Å². The second-order valence-corrected chi connectivity index (χ2v) is 8.58. The molecule has 3 nitrogen and oxygen atoms in total. The summed E-state index contributed by atoms with van der Waals surface area (Å²) >= 11 is 2.38. The molecular formula is C18H30IN3. The molecule has 1 N–H and O–H groups in total. The van der Waals surface area contributed by atoms with Crippen molar-refractivity contribution >= 4 is 28.4 Å². The van der Waals surface area contributed by atoms with Crippen LogP contribution in [0.5, 0.6) is 0 Å². The van der Waals surface area contributed by atoms with Gasteiger partial charge >= 0.3 is 0 Å². The lowest BCUT2D eigenvalue weighted by Crippen LogP contribution is -2.36. The molecule has 0 radical (unpaired) electrons. The predicted octanol–water partition coefficient (Wildman–Crippen LogP) is 5.30. The van der Waals surface area contributed by atoms with E-state index in [0.717, 1.165) is 29.8 Å². The first-order valence-electron chi connectivity index (χ1n) is 8.62. The molecule has 0 unspecified atom stereocenters. The molecule has 1 fully saturated rings. The molecule has 0 saturated heterocycles. The first-order valence-corrected chi connectivity index (χ1v) is 9.70. The topological polar surface area (TPSA) is 37.8 Å². The Labute approximate surface area is 149 Å². The summed E-state index contributed by atoms with van der Waals surface area (Å²) in [4.78, 5) is 8.80. The fourth-order valence-corrected chi connectivity index (χ4v) is 4.22. The SMILES string of the molecule is CCc1ncnc(NC2CCC(C(C)(C)C(C)C)CC2)c1I. The van der Waals surface area contributed by atoms with Gasteiger partial charge in [-0.25, -0.2) is 9.97 Å². The van der Waals surface area contributed by atoms with Gasteiger partial charge in [0.1, 0.15) is 12.1 Å². The highest BCUT2D eigenvalue weighted by molar-refractivity contribution is 14.1. The molecule has 124 valence electrons. The summed E-state index contributed by atoms with van der Waals surface area (Å²) in [7, 11) is 0. The summed E-state index contributed by atoms with van der Waals surface area (Å²) in [6, 6.07) is 0.562. The molecule has 0 aliphatic heterocycles. The van der Waals surface area contributed by atoms with Gasteiger partial charge in [-0.05, 0) is 71.9 Å². The zero-order valence-corrected chi connectivity index (χ0v) is 16.8. The Morgan fingerprint density at radius 1 is 1.23 bits per heavy atom. The van der Waals surface area contributed by atoms with Crippen molar-refractivity contribution in [2.45, 2.75) is 72.8 Å². The Morgan fingerprint density at radius 3 is 2.41 bits per heavy atom. The number of rotatable bonds is 5. The standard InChI is InChI=1S/C18H30IN3/c1-6-15-16(19)17(21-11-20-15)22-14-9-7-13(8-10-14)18(4,5)12(2)3/h11-14H,6-10H2,1-5H3,(H,20,21,22). The molecule has 1 aromatic heterocycles. The van der Waals surface area contributed by atoms with E-state index >= 15 is 0 Å². The van der Waals surface area contributed by atoms with Crippen LogP contribution >= 0.6 is 22.6 Å². The van der Waals surface area contributed by atoms with Crippen molar-refractivity contribution in [1.82, 2.24) is 9.97 Å².